The van der Waals surface area contributed by atoms with Gasteiger partial charge in [-0.3, -0.25) is 0 Å². The van der Waals surface area contributed by atoms with E-state index in [0.717, 1.165) is 13.1 Å². The Labute approximate surface area is 165 Å². The van der Waals surface area contributed by atoms with Gasteiger partial charge in [-0.2, -0.15) is 0 Å². The molecule has 0 amide bonds. The summed E-state index contributed by atoms with van der Waals surface area (Å²) >= 11 is 0. The highest BCUT2D eigenvalue weighted by Gasteiger charge is 2.31. The standard InChI is InChI=1S/C19H21F3N4O3/c1-26(7-9-27-2)8-10-28-14-4-6-16(23-12-14)18-24-15-5-3-13(11-17(15)25-18)29-19(20,21)22/h3-6,11-12H,7-10H2,1-2H3,(H,24,25). The zero-order valence-corrected chi connectivity index (χ0v) is 16.0. The van der Waals surface area contributed by atoms with Crippen LogP contribution in [0.4, 0.5) is 13.2 Å². The summed E-state index contributed by atoms with van der Waals surface area (Å²) in [6.45, 7) is 2.73. The van der Waals surface area contributed by atoms with Crippen molar-refractivity contribution in [1.82, 2.24) is 19.9 Å². The average Bonchev–Trinajstić information content (AvgIpc) is 3.09. The first-order valence-corrected chi connectivity index (χ1v) is 8.86. The van der Waals surface area contributed by atoms with Crippen LogP contribution in [0, 0.1) is 0 Å². The number of likely N-dealkylation sites (N-methyl/N-ethyl adjacent to an activating group) is 1. The van der Waals surface area contributed by atoms with Crippen LogP contribution in [0.15, 0.2) is 36.5 Å². The van der Waals surface area contributed by atoms with Crippen LogP contribution < -0.4 is 9.47 Å². The minimum Gasteiger partial charge on any atom is -0.491 e. The number of ether oxygens (including phenoxy) is 3. The van der Waals surface area contributed by atoms with Gasteiger partial charge < -0.3 is 24.1 Å². The van der Waals surface area contributed by atoms with Gasteiger partial charge in [-0.15, -0.1) is 13.2 Å². The van der Waals surface area contributed by atoms with E-state index in [1.165, 1.54) is 18.2 Å². The number of hydrogen-bond donors (Lipinski definition) is 1. The SMILES string of the molecule is COCCN(C)CCOc1ccc(-c2nc3cc(OC(F)(F)F)ccc3[nH]2)nc1. The first-order chi connectivity index (χ1) is 13.8. The minimum absolute atomic E-state index is 0.324. The predicted octanol–water partition coefficient (Wildman–Crippen LogP) is 3.48. The summed E-state index contributed by atoms with van der Waals surface area (Å²) in [6, 6.07) is 7.42. The van der Waals surface area contributed by atoms with Gasteiger partial charge >= 0.3 is 6.36 Å². The third-order valence-electron chi connectivity index (χ3n) is 4.09. The molecule has 7 nitrogen and oxygen atoms in total. The molecular weight excluding hydrogens is 389 g/mol. The summed E-state index contributed by atoms with van der Waals surface area (Å²) in [5.74, 6) is 0.732. The topological polar surface area (TPSA) is 72.5 Å². The molecule has 2 aromatic heterocycles. The monoisotopic (exact) mass is 410 g/mol. The summed E-state index contributed by atoms with van der Waals surface area (Å²) in [5, 5.41) is 0. The van der Waals surface area contributed by atoms with Gasteiger partial charge in [-0.25, -0.2) is 9.97 Å². The Morgan fingerprint density at radius 3 is 2.52 bits per heavy atom. The van der Waals surface area contributed by atoms with Crippen molar-refractivity contribution in [2.45, 2.75) is 6.36 Å². The third-order valence-corrected chi connectivity index (χ3v) is 4.09. The molecule has 1 N–H and O–H groups in total. The molecular formula is C19H21F3N4O3. The first kappa shape index (κ1) is 20.9. The van der Waals surface area contributed by atoms with Gasteiger partial charge in [-0.1, -0.05) is 0 Å². The van der Waals surface area contributed by atoms with Gasteiger partial charge in [0.15, 0.2) is 5.82 Å². The fourth-order valence-corrected chi connectivity index (χ4v) is 2.59. The van der Waals surface area contributed by atoms with Crippen molar-refractivity contribution in [2.24, 2.45) is 0 Å². The second kappa shape index (κ2) is 9.10. The number of aromatic nitrogens is 3. The van der Waals surface area contributed by atoms with E-state index in [9.17, 15) is 13.2 Å². The molecule has 10 heteroatoms. The van der Waals surface area contributed by atoms with Crippen molar-refractivity contribution in [3.05, 3.63) is 36.5 Å². The molecule has 0 unspecified atom stereocenters. The number of H-pyrrole nitrogens is 1. The number of halogens is 3. The van der Waals surface area contributed by atoms with Crippen molar-refractivity contribution >= 4 is 11.0 Å². The van der Waals surface area contributed by atoms with Crippen LogP contribution in [-0.4, -0.2) is 66.7 Å². The van der Waals surface area contributed by atoms with Crippen molar-refractivity contribution in [1.29, 1.82) is 0 Å². The van der Waals surface area contributed by atoms with E-state index >= 15 is 0 Å². The molecule has 29 heavy (non-hydrogen) atoms. The Morgan fingerprint density at radius 1 is 1.07 bits per heavy atom. The normalized spacial score (nSPS) is 11.9. The Bertz CT molecular complexity index is 929. The first-order valence-electron chi connectivity index (χ1n) is 8.86. The maximum atomic E-state index is 12.4. The van der Waals surface area contributed by atoms with Gasteiger partial charge in [-0.05, 0) is 31.3 Å². The van der Waals surface area contributed by atoms with Crippen molar-refractivity contribution in [3.8, 4) is 23.0 Å². The highest BCUT2D eigenvalue weighted by atomic mass is 19.4. The van der Waals surface area contributed by atoms with Gasteiger partial charge in [0.05, 0.1) is 23.8 Å². The van der Waals surface area contributed by atoms with Crippen LogP contribution in [0.25, 0.3) is 22.6 Å². The van der Waals surface area contributed by atoms with Crippen LogP contribution in [0.2, 0.25) is 0 Å². The lowest BCUT2D eigenvalue weighted by Crippen LogP contribution is -2.27. The number of methoxy groups -OCH3 is 1. The highest BCUT2D eigenvalue weighted by Crippen LogP contribution is 2.27. The maximum absolute atomic E-state index is 12.4. The van der Waals surface area contributed by atoms with E-state index in [4.69, 9.17) is 9.47 Å². The fraction of sp³-hybridized carbons (Fsp3) is 0.368. The second-order valence-electron chi connectivity index (χ2n) is 6.34. The zero-order valence-electron chi connectivity index (χ0n) is 16.0. The number of pyridine rings is 1. The molecule has 3 aromatic rings. The zero-order chi connectivity index (χ0) is 20.9. The van der Waals surface area contributed by atoms with Crippen LogP contribution in [0.3, 0.4) is 0 Å². The van der Waals surface area contributed by atoms with Crippen LogP contribution in [0.1, 0.15) is 0 Å². The van der Waals surface area contributed by atoms with E-state index in [1.54, 1.807) is 25.4 Å². The van der Waals surface area contributed by atoms with E-state index in [2.05, 4.69) is 24.6 Å². The summed E-state index contributed by atoms with van der Waals surface area (Å²) < 4.78 is 51.7. The molecule has 0 atom stereocenters. The molecule has 0 saturated heterocycles. The van der Waals surface area contributed by atoms with Gasteiger partial charge in [0, 0.05) is 26.3 Å². The predicted molar refractivity (Wildman–Crippen MR) is 101 cm³/mol. The summed E-state index contributed by atoms with van der Waals surface area (Å²) in [5.41, 5.74) is 1.47. The van der Waals surface area contributed by atoms with Crippen LogP contribution in [-0.2, 0) is 4.74 Å². The lowest BCUT2D eigenvalue weighted by Gasteiger charge is -2.16. The maximum Gasteiger partial charge on any atom is 0.573 e. The number of aromatic amines is 1. The van der Waals surface area contributed by atoms with E-state index in [1.807, 2.05) is 7.05 Å². The fourth-order valence-electron chi connectivity index (χ4n) is 2.59. The van der Waals surface area contributed by atoms with Gasteiger partial charge in [0.1, 0.15) is 23.8 Å². The smallest absolute Gasteiger partial charge is 0.491 e. The molecule has 0 spiro atoms. The Morgan fingerprint density at radius 2 is 1.83 bits per heavy atom. The third kappa shape index (κ3) is 6.06. The van der Waals surface area contributed by atoms with E-state index in [0.29, 0.717) is 41.5 Å². The Hall–Kier alpha value is -2.85. The van der Waals surface area contributed by atoms with Gasteiger partial charge in [0.2, 0.25) is 0 Å². The van der Waals surface area contributed by atoms with Crippen molar-refractivity contribution in [2.75, 3.05) is 40.5 Å². The van der Waals surface area contributed by atoms with Crippen LogP contribution in [0.5, 0.6) is 11.5 Å². The minimum atomic E-state index is -4.75. The van der Waals surface area contributed by atoms with Crippen molar-refractivity contribution < 1.29 is 27.4 Å². The van der Waals surface area contributed by atoms with Gasteiger partial charge in [0.25, 0.3) is 0 Å². The summed E-state index contributed by atoms with van der Waals surface area (Å²) in [7, 11) is 3.64. The Balaban J connectivity index is 1.62. The number of nitrogens with one attached hydrogen (secondary N) is 1. The van der Waals surface area contributed by atoms with E-state index in [-0.39, 0.29) is 5.75 Å². The molecule has 0 aliphatic rings. The average molecular weight is 410 g/mol. The lowest BCUT2D eigenvalue weighted by atomic mass is 10.3. The van der Waals surface area contributed by atoms with Crippen LogP contribution >= 0.6 is 0 Å². The molecule has 0 bridgehead atoms. The number of alkyl halides is 3. The number of benzene rings is 1. The molecule has 3 rings (SSSR count). The number of imidazole rings is 1. The number of hydrogen-bond acceptors (Lipinski definition) is 6. The Kier molecular flexibility index (Phi) is 6.55. The molecule has 156 valence electrons. The quantitative estimate of drug-likeness (QED) is 0.582. The van der Waals surface area contributed by atoms with Crippen molar-refractivity contribution in [3.63, 3.8) is 0 Å². The number of rotatable bonds is 9. The highest BCUT2D eigenvalue weighted by molar-refractivity contribution is 5.80. The number of nitrogens with zero attached hydrogens (tertiary/aromatic N) is 3. The molecule has 0 aliphatic carbocycles. The molecule has 0 aliphatic heterocycles. The molecule has 1 aromatic carbocycles. The van der Waals surface area contributed by atoms with E-state index < -0.39 is 6.36 Å². The molecule has 0 fully saturated rings. The molecule has 0 radical (unpaired) electrons. The number of fused-ring (bicyclic) bond motifs is 1. The molecule has 2 heterocycles. The summed E-state index contributed by atoms with van der Waals surface area (Å²) in [6.07, 6.45) is -3.17. The lowest BCUT2D eigenvalue weighted by molar-refractivity contribution is -0.274. The summed E-state index contributed by atoms with van der Waals surface area (Å²) in [4.78, 5) is 13.7. The second-order valence-corrected chi connectivity index (χ2v) is 6.34. The largest absolute Gasteiger partial charge is 0.573 e. The molecule has 0 saturated carbocycles.